The molecular formula is C26H27N5O7S2. The second-order valence-electron chi connectivity index (χ2n) is 8.99. The number of sulfonamides is 1. The van der Waals surface area contributed by atoms with Crippen LogP contribution in [0, 0.1) is 6.92 Å². The van der Waals surface area contributed by atoms with E-state index < -0.39 is 30.9 Å². The summed E-state index contributed by atoms with van der Waals surface area (Å²) in [5, 5.41) is 2.53. The van der Waals surface area contributed by atoms with Gasteiger partial charge in [0.15, 0.2) is 11.5 Å². The van der Waals surface area contributed by atoms with Crippen molar-refractivity contribution in [1.29, 1.82) is 0 Å². The van der Waals surface area contributed by atoms with Crippen LogP contribution in [0.3, 0.4) is 0 Å². The lowest BCUT2D eigenvalue weighted by atomic mass is 10.1. The molecule has 0 atom stereocenters. The van der Waals surface area contributed by atoms with Crippen molar-refractivity contribution in [3.05, 3.63) is 66.2 Å². The number of carbonyl (C=O) groups is 1. The fraction of sp³-hybridized carbons (Fsp3) is 0.192. The number of methoxy groups -OCH3 is 1. The first-order valence-corrected chi connectivity index (χ1v) is 14.6. The highest BCUT2D eigenvalue weighted by Gasteiger charge is 2.36. The second kappa shape index (κ2) is 10.7. The number of carbonyl (C=O) groups excluding carboxylic acids is 1. The Balaban J connectivity index is 1.91. The van der Waals surface area contributed by atoms with Crippen LogP contribution in [0.4, 0.5) is 22.7 Å². The highest BCUT2D eigenvalue weighted by molar-refractivity contribution is 7.90. The van der Waals surface area contributed by atoms with Gasteiger partial charge in [0.25, 0.3) is 26.0 Å². The van der Waals surface area contributed by atoms with E-state index in [0.717, 1.165) is 22.1 Å². The Morgan fingerprint density at radius 2 is 1.80 bits per heavy atom. The summed E-state index contributed by atoms with van der Waals surface area (Å²) < 4.78 is 65.7. The number of rotatable bonds is 7. The number of amides is 1. The highest BCUT2D eigenvalue weighted by Crippen LogP contribution is 2.33. The first kappa shape index (κ1) is 28.7. The van der Waals surface area contributed by atoms with Gasteiger partial charge in [-0.25, -0.2) is 18.4 Å². The number of hydrogen-bond acceptors (Lipinski definition) is 9. The third-order valence-corrected chi connectivity index (χ3v) is 8.75. The normalized spacial score (nSPS) is 14.7. The second-order valence-corrected chi connectivity index (χ2v) is 12.4. The molecule has 0 unspecified atom stereocenters. The third kappa shape index (κ3) is 5.54. The molecule has 12 nitrogen and oxygen atoms in total. The van der Waals surface area contributed by atoms with Gasteiger partial charge in [-0.1, -0.05) is 12.1 Å². The SMILES string of the molecule is COc1ccc(S(=O)(=O)O)cc1NC(=O)C(=Nc1ccc(N(C)C)cc1C)C1=Nc2ccccc2S(=O)(=O)N1C. The first-order valence-electron chi connectivity index (χ1n) is 11.7. The van der Waals surface area contributed by atoms with Crippen molar-refractivity contribution in [2.24, 2.45) is 9.98 Å². The quantitative estimate of drug-likeness (QED) is 0.315. The topological polar surface area (TPSA) is 158 Å². The molecule has 1 heterocycles. The van der Waals surface area contributed by atoms with Gasteiger partial charge in [-0.05, 0) is 61.0 Å². The number of anilines is 2. The Hall–Kier alpha value is -4.27. The molecule has 40 heavy (non-hydrogen) atoms. The van der Waals surface area contributed by atoms with E-state index in [-0.39, 0.29) is 33.6 Å². The van der Waals surface area contributed by atoms with E-state index in [0.29, 0.717) is 11.3 Å². The number of amidine groups is 1. The van der Waals surface area contributed by atoms with E-state index in [2.05, 4.69) is 15.3 Å². The molecule has 0 saturated heterocycles. The summed E-state index contributed by atoms with van der Waals surface area (Å²) in [6.07, 6.45) is 0. The molecule has 1 aliphatic rings. The molecular weight excluding hydrogens is 558 g/mol. The maximum Gasteiger partial charge on any atom is 0.294 e. The maximum absolute atomic E-state index is 13.8. The van der Waals surface area contributed by atoms with Crippen molar-refractivity contribution in [2.75, 3.05) is 38.5 Å². The summed E-state index contributed by atoms with van der Waals surface area (Å²) in [5.74, 6) is -1.07. The molecule has 0 aromatic heterocycles. The number of aryl methyl sites for hydroxylation is 1. The van der Waals surface area contributed by atoms with Crippen molar-refractivity contribution in [3.8, 4) is 5.75 Å². The van der Waals surface area contributed by atoms with Crippen LogP contribution in [0.5, 0.6) is 5.75 Å². The van der Waals surface area contributed by atoms with E-state index in [4.69, 9.17) is 4.74 Å². The summed E-state index contributed by atoms with van der Waals surface area (Å²) in [6, 6.07) is 14.8. The minimum absolute atomic E-state index is 0.0324. The van der Waals surface area contributed by atoms with Crippen molar-refractivity contribution in [1.82, 2.24) is 4.31 Å². The average Bonchev–Trinajstić information content (AvgIpc) is 2.89. The summed E-state index contributed by atoms with van der Waals surface area (Å²) >= 11 is 0. The third-order valence-electron chi connectivity index (χ3n) is 6.10. The van der Waals surface area contributed by atoms with Crippen molar-refractivity contribution >= 4 is 60.3 Å². The number of para-hydroxylation sites is 1. The molecule has 0 aliphatic carbocycles. The van der Waals surface area contributed by atoms with Gasteiger partial charge in [0, 0.05) is 26.8 Å². The van der Waals surface area contributed by atoms with Crippen LogP contribution in [0.2, 0.25) is 0 Å². The fourth-order valence-electron chi connectivity index (χ4n) is 3.91. The first-order chi connectivity index (χ1) is 18.7. The van der Waals surface area contributed by atoms with E-state index >= 15 is 0 Å². The number of nitrogens with zero attached hydrogens (tertiary/aromatic N) is 4. The molecule has 3 aromatic rings. The van der Waals surface area contributed by atoms with Gasteiger partial charge in [0.05, 0.1) is 29.1 Å². The van der Waals surface area contributed by atoms with Gasteiger partial charge in [0.2, 0.25) is 0 Å². The Labute approximate surface area is 232 Å². The standard InChI is InChI=1S/C26H27N5O7S2/c1-16-14-17(30(2)3)10-12-19(16)27-24(25-28-20-8-6-7-9-23(20)39(33,34)31(25)4)26(32)29-21-15-18(40(35,36)37)11-13-22(21)38-5/h6-15H,1-5H3,(H,29,32)(H,35,36,37). The molecule has 210 valence electrons. The molecule has 3 aromatic carbocycles. The minimum atomic E-state index is -4.60. The van der Waals surface area contributed by atoms with Gasteiger partial charge in [-0.2, -0.15) is 8.42 Å². The molecule has 1 aliphatic heterocycles. The maximum atomic E-state index is 13.8. The molecule has 0 saturated carbocycles. The Morgan fingerprint density at radius 3 is 2.42 bits per heavy atom. The van der Waals surface area contributed by atoms with E-state index in [1.165, 1.54) is 32.4 Å². The minimum Gasteiger partial charge on any atom is -0.495 e. The van der Waals surface area contributed by atoms with Crippen LogP contribution in [0.25, 0.3) is 0 Å². The van der Waals surface area contributed by atoms with Crippen molar-refractivity contribution in [2.45, 2.75) is 16.7 Å². The summed E-state index contributed by atoms with van der Waals surface area (Å²) in [4.78, 5) is 24.1. The predicted octanol–water partition coefficient (Wildman–Crippen LogP) is 3.39. The molecule has 0 radical (unpaired) electrons. The van der Waals surface area contributed by atoms with Crippen LogP contribution >= 0.6 is 0 Å². The zero-order chi connectivity index (χ0) is 29.4. The molecule has 14 heteroatoms. The average molecular weight is 586 g/mol. The van der Waals surface area contributed by atoms with Crippen LogP contribution in [-0.4, -0.2) is 71.4 Å². The lowest BCUT2D eigenvalue weighted by molar-refractivity contribution is -0.110. The summed E-state index contributed by atoms with van der Waals surface area (Å²) in [6.45, 7) is 1.79. The van der Waals surface area contributed by atoms with Crippen LogP contribution in [0.1, 0.15) is 5.56 Å². The summed E-state index contributed by atoms with van der Waals surface area (Å²) in [5.41, 5.74) is 1.63. The van der Waals surface area contributed by atoms with Crippen LogP contribution < -0.4 is 15.0 Å². The van der Waals surface area contributed by atoms with Crippen molar-refractivity contribution < 1.29 is 30.9 Å². The zero-order valence-electron chi connectivity index (χ0n) is 22.3. The fourth-order valence-corrected chi connectivity index (χ4v) is 5.69. The lowest BCUT2D eigenvalue weighted by Crippen LogP contribution is -2.44. The number of hydrogen-bond donors (Lipinski definition) is 2. The molecule has 0 spiro atoms. The lowest BCUT2D eigenvalue weighted by Gasteiger charge is -2.27. The van der Waals surface area contributed by atoms with E-state index in [1.807, 2.05) is 25.1 Å². The number of nitrogens with one attached hydrogen (secondary N) is 1. The van der Waals surface area contributed by atoms with Gasteiger partial charge in [0.1, 0.15) is 10.6 Å². The zero-order valence-corrected chi connectivity index (χ0v) is 23.9. The van der Waals surface area contributed by atoms with E-state index in [1.54, 1.807) is 31.2 Å². The largest absolute Gasteiger partial charge is 0.495 e. The smallest absolute Gasteiger partial charge is 0.294 e. The number of aliphatic imine (C=N–C) groups is 2. The number of benzene rings is 3. The molecule has 2 N–H and O–H groups in total. The van der Waals surface area contributed by atoms with Crippen LogP contribution in [-0.2, 0) is 24.9 Å². The number of ether oxygens (including phenoxy) is 1. The molecule has 0 bridgehead atoms. The number of fused-ring (bicyclic) bond motifs is 1. The summed E-state index contributed by atoms with van der Waals surface area (Å²) in [7, 11) is -2.37. The molecule has 1 amide bonds. The van der Waals surface area contributed by atoms with Gasteiger partial charge in [-0.3, -0.25) is 13.7 Å². The van der Waals surface area contributed by atoms with Crippen LogP contribution in [0.15, 0.2) is 80.4 Å². The highest BCUT2D eigenvalue weighted by atomic mass is 32.2. The van der Waals surface area contributed by atoms with Gasteiger partial charge >= 0.3 is 0 Å². The van der Waals surface area contributed by atoms with E-state index in [9.17, 15) is 26.2 Å². The molecule has 4 rings (SSSR count). The van der Waals surface area contributed by atoms with Crippen molar-refractivity contribution in [3.63, 3.8) is 0 Å². The Morgan fingerprint density at radius 1 is 1.10 bits per heavy atom. The molecule has 0 fully saturated rings. The predicted molar refractivity (Wildman–Crippen MR) is 153 cm³/mol. The Bertz CT molecular complexity index is 1780. The Kier molecular flexibility index (Phi) is 7.70. The monoisotopic (exact) mass is 585 g/mol. The van der Waals surface area contributed by atoms with Gasteiger partial charge < -0.3 is 15.0 Å². The van der Waals surface area contributed by atoms with Gasteiger partial charge in [-0.15, -0.1) is 0 Å².